The number of aromatic nitrogens is 1. The van der Waals surface area contributed by atoms with Gasteiger partial charge < -0.3 is 6.92 Å². The van der Waals surface area contributed by atoms with Crippen LogP contribution >= 0.6 is 0 Å². The van der Waals surface area contributed by atoms with Crippen LogP contribution in [0.2, 0.25) is 0 Å². The molecule has 1 aromatic heterocycles. The van der Waals surface area contributed by atoms with Gasteiger partial charge in [0.15, 0.2) is 0 Å². The van der Waals surface area contributed by atoms with E-state index in [1.807, 2.05) is 6.20 Å². The zero-order valence-electron chi connectivity index (χ0n) is 9.74. The van der Waals surface area contributed by atoms with Crippen molar-refractivity contribution in [2.75, 3.05) is 0 Å². The van der Waals surface area contributed by atoms with Crippen molar-refractivity contribution >= 4 is 10.8 Å². The average Bonchev–Trinajstić information content (AvgIpc) is 2.30. The van der Waals surface area contributed by atoms with E-state index in [0.29, 0.717) is 0 Å². The van der Waals surface area contributed by atoms with Crippen molar-refractivity contribution in [1.82, 2.24) is 4.98 Å². The first-order valence-corrected chi connectivity index (χ1v) is 5.51. The second-order valence-electron chi connectivity index (χ2n) is 3.78. The van der Waals surface area contributed by atoms with E-state index in [2.05, 4.69) is 43.1 Å². The summed E-state index contributed by atoms with van der Waals surface area (Å²) in [4.78, 5) is 4.48. The molecule has 0 amide bonds. The van der Waals surface area contributed by atoms with Crippen LogP contribution in [-0.2, 0) is 45.6 Å². The van der Waals surface area contributed by atoms with Crippen molar-refractivity contribution in [3.63, 3.8) is 0 Å². The van der Waals surface area contributed by atoms with Gasteiger partial charge in [0, 0.05) is 50.0 Å². The van der Waals surface area contributed by atoms with E-state index >= 15 is 0 Å². The predicted molar refractivity (Wildman–Crippen MR) is 64.8 cm³/mol. The van der Waals surface area contributed by atoms with E-state index in [1.54, 1.807) is 0 Å². The summed E-state index contributed by atoms with van der Waals surface area (Å²) in [7, 11) is 0. The Morgan fingerprint density at radius 2 is 1.88 bits per heavy atom. The van der Waals surface area contributed by atoms with Crippen LogP contribution in [0.25, 0.3) is 10.8 Å². The smallest absolute Gasteiger partial charge is 0.0308 e. The molecule has 0 fully saturated rings. The van der Waals surface area contributed by atoms with E-state index in [1.165, 1.54) is 16.3 Å². The second kappa shape index (κ2) is 6.46. The number of fused-ring (bicyclic) bond motifs is 1. The summed E-state index contributed by atoms with van der Waals surface area (Å²) in [5, 5.41) is 2.60. The molecule has 1 radical (unpaired) electrons. The van der Waals surface area contributed by atoms with E-state index in [9.17, 15) is 0 Å². The van der Waals surface area contributed by atoms with Crippen LogP contribution in [0.4, 0.5) is 0 Å². The molecule has 0 atom stereocenters. The Labute approximate surface area is 123 Å². The molecule has 1 heterocycles. The van der Waals surface area contributed by atoms with Gasteiger partial charge in [-0.3, -0.25) is 4.98 Å². The molecule has 16 heavy (non-hydrogen) atoms. The maximum Gasteiger partial charge on any atom is 0.0308 e. The number of benzene rings is 1. The Hall–Kier alpha value is -0.266. The van der Waals surface area contributed by atoms with Gasteiger partial charge in [0.05, 0.1) is 0 Å². The van der Waals surface area contributed by atoms with E-state index in [4.69, 9.17) is 0 Å². The largest absolute Gasteiger partial charge is 0.338 e. The molecular formula is C14H16NY-. The van der Waals surface area contributed by atoms with Crippen LogP contribution in [0, 0.1) is 6.92 Å². The third kappa shape index (κ3) is 2.70. The van der Waals surface area contributed by atoms with Gasteiger partial charge >= 0.3 is 0 Å². The maximum absolute atomic E-state index is 4.48. The summed E-state index contributed by atoms with van der Waals surface area (Å²) in [6, 6.07) is 8.48. The third-order valence-electron chi connectivity index (χ3n) is 2.72. The molecule has 81 valence electrons. The quantitative estimate of drug-likeness (QED) is 0.787. The van der Waals surface area contributed by atoms with Crippen molar-refractivity contribution < 1.29 is 32.7 Å². The van der Waals surface area contributed by atoms with Crippen LogP contribution < -0.4 is 0 Å². The molecule has 1 nitrogen and oxygen atoms in total. The Kier molecular flexibility index (Phi) is 5.57. The van der Waals surface area contributed by atoms with Crippen LogP contribution in [0.3, 0.4) is 0 Å². The summed E-state index contributed by atoms with van der Waals surface area (Å²) in [5.41, 5.74) is 2.45. The van der Waals surface area contributed by atoms with Crippen molar-refractivity contribution in [3.05, 3.63) is 48.6 Å². The van der Waals surface area contributed by atoms with E-state index in [0.717, 1.165) is 25.0 Å². The molecule has 2 heteroatoms. The Balaban J connectivity index is 0.00000128. The van der Waals surface area contributed by atoms with Crippen LogP contribution in [0.1, 0.15) is 24.6 Å². The minimum Gasteiger partial charge on any atom is -0.338 e. The zero-order valence-corrected chi connectivity index (χ0v) is 12.6. The Morgan fingerprint density at radius 1 is 1.19 bits per heavy atom. The average molecular weight is 287 g/mol. The fourth-order valence-electron chi connectivity index (χ4n) is 1.98. The van der Waals surface area contributed by atoms with E-state index in [-0.39, 0.29) is 32.7 Å². The van der Waals surface area contributed by atoms with E-state index < -0.39 is 0 Å². The zero-order chi connectivity index (χ0) is 10.7. The van der Waals surface area contributed by atoms with Crippen LogP contribution in [0.5, 0.6) is 0 Å². The van der Waals surface area contributed by atoms with Gasteiger partial charge in [-0.2, -0.15) is 0 Å². The first kappa shape index (κ1) is 13.8. The fourth-order valence-corrected chi connectivity index (χ4v) is 1.98. The topological polar surface area (TPSA) is 12.9 Å². The molecule has 2 rings (SSSR count). The van der Waals surface area contributed by atoms with Gasteiger partial charge in [-0.05, 0) is 17.4 Å². The third-order valence-corrected chi connectivity index (χ3v) is 2.72. The Bertz CT molecular complexity index is 465. The van der Waals surface area contributed by atoms with Gasteiger partial charge in [-0.15, -0.1) is 6.42 Å². The van der Waals surface area contributed by atoms with Crippen LogP contribution in [-0.4, -0.2) is 4.98 Å². The molecule has 0 aliphatic heterocycles. The number of hydrogen-bond donors (Lipinski definition) is 0. The van der Waals surface area contributed by atoms with Gasteiger partial charge in [0.1, 0.15) is 0 Å². The summed E-state index contributed by atoms with van der Waals surface area (Å²) < 4.78 is 0. The molecule has 0 bridgehead atoms. The Morgan fingerprint density at radius 3 is 2.50 bits per heavy atom. The summed E-state index contributed by atoms with van der Waals surface area (Å²) in [6.07, 6.45) is 5.03. The van der Waals surface area contributed by atoms with Crippen molar-refractivity contribution in [1.29, 1.82) is 0 Å². The minimum absolute atomic E-state index is 0. The summed E-state index contributed by atoms with van der Waals surface area (Å²) in [6.45, 7) is 6.12. The molecule has 0 unspecified atom stereocenters. The number of pyridine rings is 1. The normalized spacial score (nSPS) is 10.1. The van der Waals surface area contributed by atoms with Gasteiger partial charge in [-0.1, -0.05) is 37.6 Å². The van der Waals surface area contributed by atoms with Crippen LogP contribution in [0.15, 0.2) is 30.5 Å². The molecule has 0 spiro atoms. The molecule has 0 N–H and O–H groups in total. The van der Waals surface area contributed by atoms with Crippen molar-refractivity contribution in [2.45, 2.75) is 26.2 Å². The monoisotopic (exact) mass is 287 g/mol. The first-order chi connectivity index (χ1) is 7.36. The SMILES string of the molecule is [CH2-]Cc1ncc(CCC)c2ccccc12.[Y]. The minimum atomic E-state index is 0. The molecule has 0 aliphatic rings. The van der Waals surface area contributed by atoms with Gasteiger partial charge in [0.2, 0.25) is 0 Å². The molecule has 2 aromatic rings. The molecule has 0 saturated heterocycles. The van der Waals surface area contributed by atoms with Crippen molar-refractivity contribution in [3.8, 4) is 0 Å². The maximum atomic E-state index is 4.48. The van der Waals surface area contributed by atoms with Gasteiger partial charge in [0.25, 0.3) is 0 Å². The number of aryl methyl sites for hydroxylation is 1. The fraction of sp³-hybridized carbons (Fsp3) is 0.286. The molecular weight excluding hydrogens is 271 g/mol. The second-order valence-corrected chi connectivity index (χ2v) is 3.78. The summed E-state index contributed by atoms with van der Waals surface area (Å²) in [5.74, 6) is 0. The summed E-state index contributed by atoms with van der Waals surface area (Å²) >= 11 is 0. The number of rotatable bonds is 3. The molecule has 0 saturated carbocycles. The van der Waals surface area contributed by atoms with Crippen molar-refractivity contribution in [2.24, 2.45) is 0 Å². The molecule has 1 aromatic carbocycles. The standard InChI is InChI=1S/C14H16N.Y/c1-3-7-11-10-15-14(4-2)13-9-6-5-8-12(11)13;/h5-6,8-10H,2-4,7H2,1H3;/q-1;. The number of nitrogens with zero attached hydrogens (tertiary/aromatic N) is 1. The number of hydrogen-bond acceptors (Lipinski definition) is 1. The molecule has 0 aliphatic carbocycles. The first-order valence-electron chi connectivity index (χ1n) is 5.51. The van der Waals surface area contributed by atoms with Gasteiger partial charge in [-0.25, -0.2) is 0 Å². The predicted octanol–water partition coefficient (Wildman–Crippen LogP) is 3.56.